The molecule has 0 saturated heterocycles. The first-order valence-electron chi connectivity index (χ1n) is 5.24. The first kappa shape index (κ1) is 15.2. The van der Waals surface area contributed by atoms with Crippen molar-refractivity contribution in [3.05, 3.63) is 49.9 Å². The lowest BCUT2D eigenvalue weighted by atomic mass is 10.2. The number of hydrogen-bond acceptors (Lipinski definition) is 3. The lowest BCUT2D eigenvalue weighted by Gasteiger charge is -2.07. The number of carbonyl (C=O) groups excluding carboxylic acids is 1. The van der Waals surface area contributed by atoms with Crippen LogP contribution in [0.25, 0.3) is 0 Å². The summed E-state index contributed by atoms with van der Waals surface area (Å²) in [5.41, 5.74) is 6.07. The minimum atomic E-state index is -0.549. The zero-order valence-corrected chi connectivity index (χ0v) is 12.9. The minimum absolute atomic E-state index is 0.0623. The highest BCUT2D eigenvalue weighted by Crippen LogP contribution is 2.31. The van der Waals surface area contributed by atoms with Crippen LogP contribution in [0.15, 0.2) is 24.3 Å². The molecule has 0 radical (unpaired) electrons. The molecule has 2 aromatic rings. The fourth-order valence-electron chi connectivity index (χ4n) is 1.49. The molecule has 0 aliphatic carbocycles. The van der Waals surface area contributed by atoms with Crippen molar-refractivity contribution in [3.63, 3.8) is 0 Å². The maximum absolute atomic E-state index is 13.4. The molecule has 20 heavy (non-hydrogen) atoms. The molecule has 8 heteroatoms. The number of thiophene rings is 1. The predicted molar refractivity (Wildman–Crippen MR) is 84.6 cm³/mol. The molecule has 1 aromatic carbocycles. The lowest BCUT2D eigenvalue weighted by Crippen LogP contribution is -2.15. The Morgan fingerprint density at radius 3 is 2.55 bits per heavy atom. The molecule has 0 unspecified atom stereocenters. The van der Waals surface area contributed by atoms with Crippen molar-refractivity contribution in [1.29, 1.82) is 0 Å². The van der Waals surface area contributed by atoms with Crippen LogP contribution in [0.1, 0.15) is 15.9 Å². The van der Waals surface area contributed by atoms with Crippen molar-refractivity contribution < 1.29 is 9.18 Å². The third-order valence-corrected chi connectivity index (χ3v) is 4.10. The van der Waals surface area contributed by atoms with E-state index >= 15 is 0 Å². The Kier molecular flexibility index (Phi) is 4.59. The zero-order valence-electron chi connectivity index (χ0n) is 9.75. The van der Waals surface area contributed by atoms with Crippen LogP contribution in [0.3, 0.4) is 0 Å². The van der Waals surface area contributed by atoms with Crippen molar-refractivity contribution in [2.75, 3.05) is 5.32 Å². The summed E-state index contributed by atoms with van der Waals surface area (Å²) in [5, 5.41) is 2.58. The molecule has 0 spiro atoms. The van der Waals surface area contributed by atoms with Crippen LogP contribution < -0.4 is 11.1 Å². The zero-order chi connectivity index (χ0) is 14.9. The lowest BCUT2D eigenvalue weighted by molar-refractivity contribution is 0.102. The summed E-state index contributed by atoms with van der Waals surface area (Å²) < 4.78 is 14.1. The monoisotopic (exact) mass is 348 g/mol. The highest BCUT2D eigenvalue weighted by atomic mass is 35.5. The Balaban J connectivity index is 2.26. The van der Waals surface area contributed by atoms with Crippen molar-refractivity contribution in [3.8, 4) is 0 Å². The van der Waals surface area contributed by atoms with Gasteiger partial charge in [-0.2, -0.15) is 0 Å². The topological polar surface area (TPSA) is 55.1 Å². The number of anilines is 1. The van der Waals surface area contributed by atoms with Crippen LogP contribution in [0.5, 0.6) is 0 Å². The minimum Gasteiger partial charge on any atom is -0.389 e. The first-order valence-corrected chi connectivity index (χ1v) is 7.22. The van der Waals surface area contributed by atoms with Crippen LogP contribution in [-0.2, 0) is 0 Å². The van der Waals surface area contributed by atoms with E-state index in [4.69, 9.17) is 41.2 Å². The van der Waals surface area contributed by atoms with Gasteiger partial charge in [0.2, 0.25) is 0 Å². The first-order chi connectivity index (χ1) is 9.38. The quantitative estimate of drug-likeness (QED) is 0.821. The summed E-state index contributed by atoms with van der Waals surface area (Å²) >= 11 is 17.5. The molecule has 3 N–H and O–H groups in total. The van der Waals surface area contributed by atoms with Crippen molar-refractivity contribution in [1.82, 2.24) is 0 Å². The molecule has 1 heterocycles. The average molecular weight is 349 g/mol. The van der Waals surface area contributed by atoms with Gasteiger partial charge in [0.15, 0.2) is 0 Å². The maximum atomic E-state index is 13.4. The van der Waals surface area contributed by atoms with Crippen LogP contribution in [0.2, 0.25) is 8.67 Å². The highest BCUT2D eigenvalue weighted by molar-refractivity contribution is 7.80. The maximum Gasteiger partial charge on any atom is 0.258 e. The Morgan fingerprint density at radius 2 is 2.00 bits per heavy atom. The number of benzene rings is 1. The third-order valence-electron chi connectivity index (χ3n) is 2.39. The summed E-state index contributed by atoms with van der Waals surface area (Å²) in [5.74, 6) is -0.995. The van der Waals surface area contributed by atoms with Crippen LogP contribution in [0.4, 0.5) is 10.1 Å². The summed E-state index contributed by atoms with van der Waals surface area (Å²) in [7, 11) is 0. The second-order valence-electron chi connectivity index (χ2n) is 3.75. The van der Waals surface area contributed by atoms with Gasteiger partial charge in [0.25, 0.3) is 5.91 Å². The highest BCUT2D eigenvalue weighted by Gasteiger charge is 2.15. The van der Waals surface area contributed by atoms with E-state index in [2.05, 4.69) is 5.32 Å². The van der Waals surface area contributed by atoms with E-state index in [1.165, 1.54) is 24.3 Å². The Bertz CT molecular complexity index is 703. The SMILES string of the molecule is NC(=S)c1cc(NC(=O)c2cc(Cl)sc2Cl)ccc1F. The standard InChI is InChI=1S/C12H7Cl2FN2OS2/c13-9-4-7(10(14)20-9)12(18)17-5-1-2-8(15)6(3-5)11(16)19/h1-4H,(H2,16,19)(H,17,18). The van der Waals surface area contributed by atoms with Gasteiger partial charge in [-0.05, 0) is 24.3 Å². The average Bonchev–Trinajstić information content (AvgIpc) is 2.70. The van der Waals surface area contributed by atoms with Crippen LogP contribution >= 0.6 is 46.8 Å². The van der Waals surface area contributed by atoms with Crippen molar-refractivity contribution >= 4 is 63.3 Å². The Morgan fingerprint density at radius 1 is 1.30 bits per heavy atom. The Hall–Kier alpha value is -1.21. The summed E-state index contributed by atoms with van der Waals surface area (Å²) in [6.07, 6.45) is 0. The number of nitrogens with two attached hydrogens (primary N) is 1. The smallest absolute Gasteiger partial charge is 0.258 e. The van der Waals surface area contributed by atoms with Gasteiger partial charge in [-0.1, -0.05) is 35.4 Å². The van der Waals surface area contributed by atoms with Gasteiger partial charge in [0, 0.05) is 11.3 Å². The number of rotatable bonds is 3. The van der Waals surface area contributed by atoms with E-state index in [0.717, 1.165) is 11.3 Å². The fourth-order valence-corrected chi connectivity index (χ4v) is 3.10. The van der Waals surface area contributed by atoms with E-state index in [1.807, 2.05) is 0 Å². The largest absolute Gasteiger partial charge is 0.389 e. The summed E-state index contributed by atoms with van der Waals surface area (Å²) in [6, 6.07) is 5.39. The van der Waals surface area contributed by atoms with Gasteiger partial charge in [-0.3, -0.25) is 4.79 Å². The molecule has 0 aliphatic heterocycles. The van der Waals surface area contributed by atoms with E-state index in [1.54, 1.807) is 0 Å². The number of nitrogens with one attached hydrogen (secondary N) is 1. The van der Waals surface area contributed by atoms with Crippen molar-refractivity contribution in [2.24, 2.45) is 5.73 Å². The van der Waals surface area contributed by atoms with E-state index < -0.39 is 11.7 Å². The number of halogens is 3. The van der Waals surface area contributed by atoms with Crippen LogP contribution in [-0.4, -0.2) is 10.9 Å². The molecule has 1 aromatic heterocycles. The number of thiocarbonyl (C=S) groups is 1. The molecule has 2 rings (SSSR count). The second kappa shape index (κ2) is 6.05. The van der Waals surface area contributed by atoms with E-state index in [-0.39, 0.29) is 20.5 Å². The molecule has 0 atom stereocenters. The number of hydrogen-bond donors (Lipinski definition) is 2. The van der Waals surface area contributed by atoms with Gasteiger partial charge in [0.05, 0.1) is 9.90 Å². The Labute approximate surface area is 133 Å². The number of amides is 1. The normalized spacial score (nSPS) is 10.3. The van der Waals surface area contributed by atoms with E-state index in [9.17, 15) is 9.18 Å². The molecule has 1 amide bonds. The third kappa shape index (κ3) is 3.27. The second-order valence-corrected chi connectivity index (χ2v) is 6.48. The van der Waals surface area contributed by atoms with Gasteiger partial charge in [-0.15, -0.1) is 11.3 Å². The predicted octanol–water partition coefficient (Wildman–Crippen LogP) is 4.08. The summed E-state index contributed by atoms with van der Waals surface area (Å²) in [4.78, 5) is 11.9. The molecule has 3 nitrogen and oxygen atoms in total. The molecular formula is C12H7Cl2FN2OS2. The summed E-state index contributed by atoms with van der Waals surface area (Å²) in [6.45, 7) is 0. The van der Waals surface area contributed by atoms with E-state index in [0.29, 0.717) is 10.0 Å². The molecule has 0 aliphatic rings. The molecule has 104 valence electrons. The van der Waals surface area contributed by atoms with Gasteiger partial charge >= 0.3 is 0 Å². The fraction of sp³-hybridized carbons (Fsp3) is 0. The number of carbonyl (C=O) groups is 1. The van der Waals surface area contributed by atoms with Crippen LogP contribution in [0, 0.1) is 5.82 Å². The molecule has 0 saturated carbocycles. The molecular weight excluding hydrogens is 342 g/mol. The molecule has 0 fully saturated rings. The van der Waals surface area contributed by atoms with Gasteiger partial charge in [-0.25, -0.2) is 4.39 Å². The van der Waals surface area contributed by atoms with Gasteiger partial charge < -0.3 is 11.1 Å². The van der Waals surface area contributed by atoms with Gasteiger partial charge in [0.1, 0.15) is 15.1 Å². The van der Waals surface area contributed by atoms with Crippen molar-refractivity contribution in [2.45, 2.75) is 0 Å². The molecule has 0 bridgehead atoms.